The van der Waals surface area contributed by atoms with E-state index in [4.69, 9.17) is 11.6 Å². The Kier molecular flexibility index (Phi) is 3.27. The zero-order valence-corrected chi connectivity index (χ0v) is 12.1. The monoisotopic (exact) mass is 282 g/mol. The molecule has 2 atom stereocenters. The van der Waals surface area contributed by atoms with E-state index in [1.165, 1.54) is 0 Å². The van der Waals surface area contributed by atoms with Gasteiger partial charge in [-0.25, -0.2) is 0 Å². The first kappa shape index (κ1) is 12.9. The van der Waals surface area contributed by atoms with Crippen molar-refractivity contribution in [1.29, 1.82) is 0 Å². The van der Waals surface area contributed by atoms with Crippen molar-refractivity contribution in [3.8, 4) is 0 Å². The van der Waals surface area contributed by atoms with E-state index in [-0.39, 0.29) is 11.9 Å². The van der Waals surface area contributed by atoms with Crippen molar-refractivity contribution in [2.24, 2.45) is 0 Å². The lowest BCUT2D eigenvalue weighted by Crippen LogP contribution is -2.58. The van der Waals surface area contributed by atoms with Gasteiger partial charge >= 0.3 is 0 Å². The maximum Gasteiger partial charge on any atom is 0.239 e. The summed E-state index contributed by atoms with van der Waals surface area (Å²) >= 11 is 6.21. The van der Waals surface area contributed by atoms with Crippen molar-refractivity contribution in [3.63, 3.8) is 0 Å². The number of rotatable bonds is 2. The van der Waals surface area contributed by atoms with Crippen molar-refractivity contribution in [3.05, 3.63) is 16.4 Å². The molecule has 3 heterocycles. The van der Waals surface area contributed by atoms with Gasteiger partial charge in [0.2, 0.25) is 5.91 Å². The van der Waals surface area contributed by atoms with Crippen molar-refractivity contribution < 1.29 is 4.79 Å². The lowest BCUT2D eigenvalue weighted by atomic mass is 10.1. The molecule has 2 aliphatic rings. The van der Waals surface area contributed by atoms with Gasteiger partial charge in [-0.2, -0.15) is 5.10 Å². The van der Waals surface area contributed by atoms with Crippen LogP contribution in [0.4, 0.5) is 0 Å². The highest BCUT2D eigenvalue weighted by molar-refractivity contribution is 6.31. The molecule has 0 unspecified atom stereocenters. The predicted octanol–water partition coefficient (Wildman–Crippen LogP) is 1.57. The summed E-state index contributed by atoms with van der Waals surface area (Å²) in [7, 11) is 0. The van der Waals surface area contributed by atoms with Crippen LogP contribution in [0.1, 0.15) is 31.2 Å². The van der Waals surface area contributed by atoms with Crippen molar-refractivity contribution >= 4 is 17.5 Å². The first-order valence-electron chi connectivity index (χ1n) is 6.82. The van der Waals surface area contributed by atoms with Crippen molar-refractivity contribution in [2.45, 2.75) is 45.3 Å². The standard InChI is InChI=1S/C13H19ClN4O/c1-8-12(14)11(16-15-8)7-17-6-10-4-3-5-18(10)13(19)9(17)2/h9-10H,3-7H2,1-2H3,(H,15,16)/t9-,10-/m0/s1. The molecule has 0 bridgehead atoms. The van der Waals surface area contributed by atoms with Crippen LogP contribution in [0.15, 0.2) is 0 Å². The third-order valence-corrected chi connectivity index (χ3v) is 4.81. The quantitative estimate of drug-likeness (QED) is 0.896. The van der Waals surface area contributed by atoms with Gasteiger partial charge in [-0.1, -0.05) is 11.6 Å². The molecule has 2 saturated heterocycles. The van der Waals surface area contributed by atoms with E-state index in [1.807, 2.05) is 18.7 Å². The van der Waals surface area contributed by atoms with E-state index in [9.17, 15) is 4.79 Å². The number of nitrogens with one attached hydrogen (secondary N) is 1. The smallest absolute Gasteiger partial charge is 0.239 e. The average Bonchev–Trinajstić information content (AvgIpc) is 2.97. The van der Waals surface area contributed by atoms with Crippen LogP contribution in [-0.4, -0.2) is 51.1 Å². The Morgan fingerprint density at radius 3 is 3.00 bits per heavy atom. The molecule has 19 heavy (non-hydrogen) atoms. The molecule has 5 nitrogen and oxygen atoms in total. The number of carbonyl (C=O) groups excluding carboxylic acids is 1. The van der Waals surface area contributed by atoms with Crippen LogP contribution in [0.2, 0.25) is 5.02 Å². The summed E-state index contributed by atoms with van der Waals surface area (Å²) in [4.78, 5) is 16.6. The molecule has 2 aliphatic heterocycles. The van der Waals surface area contributed by atoms with Crippen LogP contribution in [-0.2, 0) is 11.3 Å². The van der Waals surface area contributed by atoms with E-state index < -0.39 is 0 Å². The summed E-state index contributed by atoms with van der Waals surface area (Å²) in [5.41, 5.74) is 1.72. The van der Waals surface area contributed by atoms with Gasteiger partial charge in [-0.3, -0.25) is 14.8 Å². The molecular formula is C13H19ClN4O. The van der Waals surface area contributed by atoms with Crippen LogP contribution in [0, 0.1) is 6.92 Å². The van der Waals surface area contributed by atoms with Crippen LogP contribution in [0.3, 0.4) is 0 Å². The number of halogens is 1. The lowest BCUT2D eigenvalue weighted by molar-refractivity contribution is -0.143. The summed E-state index contributed by atoms with van der Waals surface area (Å²) < 4.78 is 0. The van der Waals surface area contributed by atoms with Gasteiger partial charge in [0.15, 0.2) is 0 Å². The molecule has 0 spiro atoms. The fourth-order valence-corrected chi connectivity index (χ4v) is 3.25. The molecule has 0 radical (unpaired) electrons. The molecule has 1 aromatic heterocycles. The maximum absolute atomic E-state index is 12.3. The second-order valence-electron chi connectivity index (χ2n) is 5.54. The highest BCUT2D eigenvalue weighted by Crippen LogP contribution is 2.28. The molecule has 3 rings (SSSR count). The summed E-state index contributed by atoms with van der Waals surface area (Å²) in [6.45, 7) is 6.37. The van der Waals surface area contributed by atoms with Gasteiger partial charge in [0.25, 0.3) is 0 Å². The second kappa shape index (κ2) is 4.80. The topological polar surface area (TPSA) is 52.2 Å². The largest absolute Gasteiger partial charge is 0.337 e. The highest BCUT2D eigenvalue weighted by atomic mass is 35.5. The van der Waals surface area contributed by atoms with E-state index in [0.29, 0.717) is 17.6 Å². The fourth-order valence-electron chi connectivity index (χ4n) is 3.11. The van der Waals surface area contributed by atoms with Crippen LogP contribution in [0.5, 0.6) is 0 Å². The number of hydrogen-bond donors (Lipinski definition) is 1. The molecule has 0 aliphatic carbocycles. The molecule has 1 aromatic rings. The number of aromatic nitrogens is 2. The Labute approximate surface area is 117 Å². The molecule has 104 valence electrons. The Morgan fingerprint density at radius 2 is 2.32 bits per heavy atom. The van der Waals surface area contributed by atoms with E-state index in [2.05, 4.69) is 15.1 Å². The van der Waals surface area contributed by atoms with Crippen LogP contribution >= 0.6 is 11.6 Å². The van der Waals surface area contributed by atoms with Crippen LogP contribution in [0.25, 0.3) is 0 Å². The first-order chi connectivity index (χ1) is 9.08. The summed E-state index contributed by atoms with van der Waals surface area (Å²) in [6, 6.07) is 0.296. The Hall–Kier alpha value is -1.07. The molecule has 2 fully saturated rings. The normalized spacial score (nSPS) is 27.9. The molecule has 1 N–H and O–H groups in total. The van der Waals surface area contributed by atoms with Gasteiger partial charge < -0.3 is 4.90 Å². The van der Waals surface area contributed by atoms with E-state index in [0.717, 1.165) is 37.3 Å². The Morgan fingerprint density at radius 1 is 1.53 bits per heavy atom. The van der Waals surface area contributed by atoms with Crippen molar-refractivity contribution in [1.82, 2.24) is 20.0 Å². The molecule has 0 saturated carbocycles. The SMILES string of the molecule is Cc1[nH]nc(CN2C[C@@H]3CCCN3C(=O)[C@@H]2C)c1Cl. The third-order valence-electron chi connectivity index (χ3n) is 4.30. The minimum atomic E-state index is -0.0811. The maximum atomic E-state index is 12.3. The second-order valence-corrected chi connectivity index (χ2v) is 5.92. The van der Waals surface area contributed by atoms with Gasteiger partial charge in [-0.05, 0) is 26.7 Å². The van der Waals surface area contributed by atoms with Gasteiger partial charge in [0.1, 0.15) is 0 Å². The summed E-state index contributed by atoms with van der Waals surface area (Å²) in [5, 5.41) is 7.81. The van der Waals surface area contributed by atoms with Gasteiger partial charge in [0.05, 0.1) is 22.5 Å². The Balaban J connectivity index is 1.77. The summed E-state index contributed by atoms with van der Waals surface area (Å²) in [6.07, 6.45) is 2.24. The molecule has 6 heteroatoms. The molecule has 0 aromatic carbocycles. The number of aromatic amines is 1. The van der Waals surface area contributed by atoms with Gasteiger partial charge in [-0.15, -0.1) is 0 Å². The number of nitrogens with zero attached hydrogens (tertiary/aromatic N) is 3. The molecule has 1 amide bonds. The number of aryl methyl sites for hydroxylation is 1. The predicted molar refractivity (Wildman–Crippen MR) is 72.9 cm³/mol. The zero-order valence-electron chi connectivity index (χ0n) is 11.3. The van der Waals surface area contributed by atoms with E-state index in [1.54, 1.807) is 0 Å². The minimum Gasteiger partial charge on any atom is -0.337 e. The minimum absolute atomic E-state index is 0.0811. The van der Waals surface area contributed by atoms with E-state index >= 15 is 0 Å². The third kappa shape index (κ3) is 2.15. The zero-order chi connectivity index (χ0) is 13.6. The number of piperazine rings is 1. The van der Waals surface area contributed by atoms with Crippen molar-refractivity contribution in [2.75, 3.05) is 13.1 Å². The highest BCUT2D eigenvalue weighted by Gasteiger charge is 2.40. The number of fused-ring (bicyclic) bond motifs is 1. The number of carbonyl (C=O) groups is 1. The van der Waals surface area contributed by atoms with Gasteiger partial charge in [0, 0.05) is 25.7 Å². The summed E-state index contributed by atoms with van der Waals surface area (Å²) in [5.74, 6) is 0.247. The fraction of sp³-hybridized carbons (Fsp3) is 0.692. The number of hydrogen-bond acceptors (Lipinski definition) is 3. The van der Waals surface area contributed by atoms with Crippen LogP contribution < -0.4 is 0 Å². The number of H-pyrrole nitrogens is 1. The lowest BCUT2D eigenvalue weighted by Gasteiger charge is -2.41. The first-order valence-corrected chi connectivity index (χ1v) is 7.19. The number of amides is 1. The molecular weight excluding hydrogens is 264 g/mol. The average molecular weight is 283 g/mol. The Bertz CT molecular complexity index is 501.